The summed E-state index contributed by atoms with van der Waals surface area (Å²) in [5.41, 5.74) is 3.28. The van der Waals surface area contributed by atoms with Gasteiger partial charge in [0, 0.05) is 38.3 Å². The Morgan fingerprint density at radius 1 is 1.04 bits per heavy atom. The van der Waals surface area contributed by atoms with Crippen molar-refractivity contribution in [3.8, 4) is 5.82 Å². The number of anilines is 1. The normalized spacial score (nSPS) is 14.9. The van der Waals surface area contributed by atoms with Crippen molar-refractivity contribution in [3.05, 3.63) is 29.1 Å². The summed E-state index contributed by atoms with van der Waals surface area (Å²) < 4.78 is 1.84. The lowest BCUT2D eigenvalue weighted by atomic mass is 10.2. The molecule has 2 aromatic heterocycles. The van der Waals surface area contributed by atoms with E-state index in [0.29, 0.717) is 6.42 Å². The van der Waals surface area contributed by atoms with Crippen LogP contribution >= 0.6 is 0 Å². The molecule has 0 radical (unpaired) electrons. The van der Waals surface area contributed by atoms with Gasteiger partial charge in [0.15, 0.2) is 11.6 Å². The highest BCUT2D eigenvalue weighted by Crippen LogP contribution is 2.18. The number of carbonyl (C=O) groups is 1. The van der Waals surface area contributed by atoms with Crippen LogP contribution < -0.4 is 4.90 Å². The molecule has 0 aliphatic carbocycles. The second-order valence-corrected chi connectivity index (χ2v) is 6.58. The summed E-state index contributed by atoms with van der Waals surface area (Å²) in [6.07, 6.45) is 1.54. The fraction of sp³-hybridized carbons (Fsp3) is 0.556. The molecule has 0 spiro atoms. The highest BCUT2D eigenvalue weighted by Gasteiger charge is 2.21. The monoisotopic (exact) mass is 342 g/mol. The highest BCUT2D eigenvalue weighted by atomic mass is 16.2. The second kappa shape index (κ2) is 7.21. The second-order valence-electron chi connectivity index (χ2n) is 6.58. The Kier molecular flexibility index (Phi) is 5.01. The number of piperazine rings is 1. The van der Waals surface area contributed by atoms with Crippen LogP contribution in [0, 0.1) is 20.8 Å². The third-order valence-electron chi connectivity index (χ3n) is 4.93. The maximum atomic E-state index is 12.0. The zero-order chi connectivity index (χ0) is 18.0. The minimum atomic E-state index is 0.253. The molecule has 0 N–H and O–H groups in total. The quantitative estimate of drug-likeness (QED) is 0.850. The molecule has 134 valence electrons. The number of hydrogen-bond acceptors (Lipinski definition) is 5. The van der Waals surface area contributed by atoms with Crippen LogP contribution in [-0.4, -0.2) is 57.0 Å². The van der Waals surface area contributed by atoms with Crippen LogP contribution in [0.1, 0.15) is 36.7 Å². The molecule has 1 fully saturated rings. The van der Waals surface area contributed by atoms with E-state index in [0.717, 1.165) is 55.6 Å². The Labute approximate surface area is 148 Å². The average molecular weight is 342 g/mol. The molecule has 0 bridgehead atoms. The number of rotatable bonds is 4. The number of carbonyl (C=O) groups excluding carboxylic acids is 1. The lowest BCUT2D eigenvalue weighted by Gasteiger charge is -2.35. The van der Waals surface area contributed by atoms with Crippen LogP contribution in [0.4, 0.5) is 5.82 Å². The van der Waals surface area contributed by atoms with Crippen LogP contribution in [0.25, 0.3) is 5.82 Å². The molecule has 0 aromatic carbocycles. The molecule has 0 unspecified atom stereocenters. The van der Waals surface area contributed by atoms with Gasteiger partial charge in [0.1, 0.15) is 0 Å². The third kappa shape index (κ3) is 3.50. The van der Waals surface area contributed by atoms with Gasteiger partial charge in [-0.05, 0) is 44.9 Å². The van der Waals surface area contributed by atoms with Crippen molar-refractivity contribution < 1.29 is 4.79 Å². The number of aryl methyl sites for hydroxylation is 1. The van der Waals surface area contributed by atoms with Gasteiger partial charge >= 0.3 is 0 Å². The summed E-state index contributed by atoms with van der Waals surface area (Å²) in [7, 11) is 0. The van der Waals surface area contributed by atoms with Crippen molar-refractivity contribution in [3.63, 3.8) is 0 Å². The average Bonchev–Trinajstić information content (AvgIpc) is 2.90. The van der Waals surface area contributed by atoms with Crippen LogP contribution in [0.2, 0.25) is 0 Å². The van der Waals surface area contributed by atoms with Gasteiger partial charge in [-0.2, -0.15) is 5.10 Å². The number of nitrogens with zero attached hydrogens (tertiary/aromatic N) is 6. The topological polar surface area (TPSA) is 67.2 Å². The molecule has 0 saturated carbocycles. The minimum Gasteiger partial charge on any atom is -0.352 e. The van der Waals surface area contributed by atoms with Crippen LogP contribution in [0.5, 0.6) is 0 Å². The number of amides is 1. The van der Waals surface area contributed by atoms with Crippen LogP contribution in [0.3, 0.4) is 0 Å². The molecule has 25 heavy (non-hydrogen) atoms. The van der Waals surface area contributed by atoms with E-state index < -0.39 is 0 Å². The molecule has 1 saturated heterocycles. The predicted octanol–water partition coefficient (Wildman–Crippen LogP) is 2.04. The lowest BCUT2D eigenvalue weighted by Crippen LogP contribution is -2.49. The molecule has 7 heteroatoms. The van der Waals surface area contributed by atoms with E-state index in [1.165, 1.54) is 5.56 Å². The minimum absolute atomic E-state index is 0.253. The molecule has 3 heterocycles. The Hall–Kier alpha value is -2.44. The number of aromatic nitrogens is 4. The van der Waals surface area contributed by atoms with Gasteiger partial charge in [-0.25, -0.2) is 4.68 Å². The zero-order valence-electron chi connectivity index (χ0n) is 15.5. The van der Waals surface area contributed by atoms with E-state index in [4.69, 9.17) is 0 Å². The standard InChI is InChI=1S/C18H26N6O/c1-5-6-18(25)23-11-9-22(10-12-23)16-7-8-17(20-19-16)24-15(4)13(2)14(3)21-24/h7-8H,5-6,9-12H2,1-4H3. The van der Waals surface area contributed by atoms with Gasteiger partial charge in [-0.1, -0.05) is 6.92 Å². The van der Waals surface area contributed by atoms with Gasteiger partial charge in [0.25, 0.3) is 0 Å². The first-order valence-electron chi connectivity index (χ1n) is 8.91. The van der Waals surface area contributed by atoms with Crippen molar-refractivity contribution in [2.45, 2.75) is 40.5 Å². The third-order valence-corrected chi connectivity index (χ3v) is 4.93. The Balaban J connectivity index is 1.67. The molecular formula is C18H26N6O. The maximum Gasteiger partial charge on any atom is 0.222 e. The summed E-state index contributed by atoms with van der Waals surface area (Å²) in [5.74, 6) is 1.84. The lowest BCUT2D eigenvalue weighted by molar-refractivity contribution is -0.131. The van der Waals surface area contributed by atoms with Gasteiger partial charge in [0.05, 0.1) is 5.69 Å². The van der Waals surface area contributed by atoms with Gasteiger partial charge in [-0.15, -0.1) is 10.2 Å². The van der Waals surface area contributed by atoms with Crippen molar-refractivity contribution in [1.82, 2.24) is 24.9 Å². The Morgan fingerprint density at radius 2 is 1.68 bits per heavy atom. The van der Waals surface area contributed by atoms with Crippen LogP contribution in [-0.2, 0) is 4.79 Å². The van der Waals surface area contributed by atoms with E-state index in [-0.39, 0.29) is 5.91 Å². The molecule has 1 aliphatic rings. The Morgan fingerprint density at radius 3 is 2.20 bits per heavy atom. The smallest absolute Gasteiger partial charge is 0.222 e. The van der Waals surface area contributed by atoms with E-state index in [2.05, 4.69) is 27.1 Å². The van der Waals surface area contributed by atoms with Gasteiger partial charge < -0.3 is 9.80 Å². The first-order chi connectivity index (χ1) is 12.0. The highest BCUT2D eigenvalue weighted by molar-refractivity contribution is 5.76. The molecule has 0 atom stereocenters. The molecule has 3 rings (SSSR count). The SMILES string of the molecule is CCCC(=O)N1CCN(c2ccc(-n3nc(C)c(C)c3C)nn2)CC1. The van der Waals surface area contributed by atoms with E-state index >= 15 is 0 Å². The fourth-order valence-corrected chi connectivity index (χ4v) is 3.10. The van der Waals surface area contributed by atoms with Gasteiger partial charge in [0.2, 0.25) is 5.91 Å². The Bertz CT molecular complexity index is 744. The summed E-state index contributed by atoms with van der Waals surface area (Å²) in [6.45, 7) is 11.2. The molecule has 1 aliphatic heterocycles. The first kappa shape index (κ1) is 17.4. The fourth-order valence-electron chi connectivity index (χ4n) is 3.10. The molecule has 7 nitrogen and oxygen atoms in total. The molecule has 1 amide bonds. The molecule has 2 aromatic rings. The van der Waals surface area contributed by atoms with Crippen molar-refractivity contribution in [2.75, 3.05) is 31.1 Å². The van der Waals surface area contributed by atoms with Crippen molar-refractivity contribution >= 4 is 11.7 Å². The van der Waals surface area contributed by atoms with E-state index in [1.54, 1.807) is 0 Å². The predicted molar refractivity (Wildman–Crippen MR) is 97.1 cm³/mol. The molecular weight excluding hydrogens is 316 g/mol. The number of hydrogen-bond donors (Lipinski definition) is 0. The maximum absolute atomic E-state index is 12.0. The van der Waals surface area contributed by atoms with E-state index in [1.807, 2.05) is 42.5 Å². The van der Waals surface area contributed by atoms with Crippen molar-refractivity contribution in [2.24, 2.45) is 0 Å². The summed E-state index contributed by atoms with van der Waals surface area (Å²) >= 11 is 0. The summed E-state index contributed by atoms with van der Waals surface area (Å²) in [6, 6.07) is 3.94. The van der Waals surface area contributed by atoms with E-state index in [9.17, 15) is 4.79 Å². The van der Waals surface area contributed by atoms with Crippen molar-refractivity contribution in [1.29, 1.82) is 0 Å². The zero-order valence-corrected chi connectivity index (χ0v) is 15.5. The largest absolute Gasteiger partial charge is 0.352 e. The summed E-state index contributed by atoms with van der Waals surface area (Å²) in [4.78, 5) is 16.1. The summed E-state index contributed by atoms with van der Waals surface area (Å²) in [5, 5.41) is 13.3. The first-order valence-corrected chi connectivity index (χ1v) is 8.91. The van der Waals surface area contributed by atoms with Gasteiger partial charge in [-0.3, -0.25) is 4.79 Å². The van der Waals surface area contributed by atoms with Crippen LogP contribution in [0.15, 0.2) is 12.1 Å².